The topological polar surface area (TPSA) is 142 Å². The van der Waals surface area contributed by atoms with Gasteiger partial charge in [0.25, 0.3) is 5.91 Å². The lowest BCUT2D eigenvalue weighted by atomic mass is 9.79. The number of carbonyl (C=O) groups is 5. The maximum absolute atomic E-state index is 14.4. The highest BCUT2D eigenvalue weighted by Crippen LogP contribution is 2.51. The van der Waals surface area contributed by atoms with Crippen molar-refractivity contribution in [1.29, 1.82) is 0 Å². The molecule has 1 radical (unpaired) electrons. The molecular formula is C34H38N3O7S2. The molecule has 1 aliphatic heterocycles. The van der Waals surface area contributed by atoms with Gasteiger partial charge in [-0.2, -0.15) is 0 Å². The van der Waals surface area contributed by atoms with E-state index in [-0.39, 0.29) is 11.0 Å². The van der Waals surface area contributed by atoms with Gasteiger partial charge in [0.1, 0.15) is 23.8 Å². The maximum Gasteiger partial charge on any atom is 0.322 e. The Morgan fingerprint density at radius 1 is 1.02 bits per heavy atom. The van der Waals surface area contributed by atoms with E-state index < -0.39 is 42.4 Å². The second-order valence-electron chi connectivity index (χ2n) is 10.7. The molecule has 0 aliphatic carbocycles. The summed E-state index contributed by atoms with van der Waals surface area (Å²) in [5, 5.41) is 13.7. The van der Waals surface area contributed by atoms with Crippen LogP contribution in [0.1, 0.15) is 51.1 Å². The molecule has 4 rings (SSSR count). The van der Waals surface area contributed by atoms with Gasteiger partial charge in [-0.05, 0) is 48.9 Å². The number of benzene rings is 3. The Labute approximate surface area is 276 Å². The van der Waals surface area contributed by atoms with Crippen molar-refractivity contribution >= 4 is 63.7 Å². The number of unbranched alkanes of at least 4 members (excludes halogenated alkanes) is 1. The molecule has 0 aromatic heterocycles. The average Bonchev–Trinajstić information content (AvgIpc) is 3.15. The van der Waals surface area contributed by atoms with Crippen molar-refractivity contribution in [3.8, 4) is 5.75 Å². The van der Waals surface area contributed by atoms with E-state index in [2.05, 4.69) is 10.6 Å². The van der Waals surface area contributed by atoms with E-state index >= 15 is 0 Å². The fraction of sp³-hybridized carbons (Fsp3) is 0.324. The van der Waals surface area contributed by atoms with Crippen LogP contribution in [0.2, 0.25) is 0 Å². The predicted molar refractivity (Wildman–Crippen MR) is 180 cm³/mol. The van der Waals surface area contributed by atoms with Crippen LogP contribution in [-0.4, -0.2) is 53.3 Å². The molecule has 0 spiro atoms. The summed E-state index contributed by atoms with van der Waals surface area (Å²) in [7, 11) is 0. The molecule has 3 N–H and O–H groups in total. The number of carboxylic acid groups (broad SMARTS) is 1. The van der Waals surface area contributed by atoms with E-state index in [1.807, 2.05) is 56.5 Å². The van der Waals surface area contributed by atoms with Crippen molar-refractivity contribution in [3.05, 3.63) is 78.4 Å². The number of anilines is 2. The van der Waals surface area contributed by atoms with Gasteiger partial charge in [0.15, 0.2) is 11.7 Å². The Hall–Kier alpha value is -4.29. The number of carbonyl (C=O) groups excluding carboxylic acids is 4. The number of thioether (sulfide) groups is 1. The zero-order valence-electron chi connectivity index (χ0n) is 25.9. The number of amides is 3. The van der Waals surface area contributed by atoms with Crippen molar-refractivity contribution in [2.24, 2.45) is 5.41 Å². The third kappa shape index (κ3) is 7.73. The van der Waals surface area contributed by atoms with E-state index in [1.165, 1.54) is 11.8 Å². The van der Waals surface area contributed by atoms with Crippen LogP contribution >= 0.6 is 23.5 Å². The number of hydrogen-bond donors (Lipinski definition) is 4. The summed E-state index contributed by atoms with van der Waals surface area (Å²) < 4.78 is 5.98. The molecule has 10 nitrogen and oxygen atoms in total. The fourth-order valence-corrected chi connectivity index (χ4v) is 7.08. The molecule has 1 aliphatic rings. The first-order valence-electron chi connectivity index (χ1n) is 15.0. The van der Waals surface area contributed by atoms with Gasteiger partial charge >= 0.3 is 5.97 Å². The van der Waals surface area contributed by atoms with Crippen LogP contribution in [0.15, 0.2) is 82.6 Å². The molecule has 0 fully saturated rings. The molecule has 12 heteroatoms. The van der Waals surface area contributed by atoms with E-state index in [4.69, 9.17) is 9.84 Å². The highest BCUT2D eigenvalue weighted by Gasteiger charge is 2.49. The first-order chi connectivity index (χ1) is 22.1. The van der Waals surface area contributed by atoms with Crippen LogP contribution in [0.3, 0.4) is 0 Å². The summed E-state index contributed by atoms with van der Waals surface area (Å²) in [5.41, 5.74) is 0.527. The molecule has 243 valence electrons. The van der Waals surface area contributed by atoms with Crippen molar-refractivity contribution < 1.29 is 33.8 Å². The lowest BCUT2D eigenvalue weighted by Gasteiger charge is -2.33. The lowest BCUT2D eigenvalue weighted by molar-refractivity contribution is -0.138. The second-order valence-corrected chi connectivity index (χ2v) is 12.7. The van der Waals surface area contributed by atoms with E-state index in [9.17, 15) is 24.0 Å². The van der Waals surface area contributed by atoms with Gasteiger partial charge in [0.2, 0.25) is 11.8 Å². The SMILES string of the molecule is CCCCC1(CC)C(=O)[SH]c2cc(OCC(=O)NC(C(=O)NCC(=O)O)c3ccccc3)c(SC)cc2N(c2ccccc2)C1=O. The van der Waals surface area contributed by atoms with Crippen LogP contribution in [0, 0.1) is 5.41 Å². The van der Waals surface area contributed by atoms with Crippen molar-refractivity contribution in [3.63, 3.8) is 0 Å². The summed E-state index contributed by atoms with van der Waals surface area (Å²) in [6.07, 6.45) is 4.25. The molecule has 0 saturated heterocycles. The standard InChI is InChI=1S/C34H38N3O7S2/c1-4-6-17-34(5-2)32(42)37(23-15-11-8-12-16-23)24-18-27(45-3)25(19-26(24)46-33(34)43)44-21-28(38)36-30(22-13-9-7-10-14-22)31(41)35-20-29(39)40/h7-16,18-19,30,46H,4-6,17,20-21H2,1-3H3,(H,35,41)(H,36,38)(H,39,40). The summed E-state index contributed by atoms with van der Waals surface area (Å²) in [6, 6.07) is 20.1. The number of para-hydroxylation sites is 1. The molecular weight excluding hydrogens is 627 g/mol. The van der Waals surface area contributed by atoms with Gasteiger partial charge in [-0.1, -0.05) is 75.2 Å². The quantitative estimate of drug-likeness (QED) is 0.101. The molecule has 1 heterocycles. The minimum Gasteiger partial charge on any atom is -0.483 e. The number of rotatable bonds is 14. The van der Waals surface area contributed by atoms with Gasteiger partial charge in [-0.25, -0.2) is 0 Å². The first kappa shape index (κ1) is 34.6. The highest BCUT2D eigenvalue weighted by atomic mass is 32.2. The zero-order chi connectivity index (χ0) is 33.3. The smallest absolute Gasteiger partial charge is 0.322 e. The molecule has 0 saturated carbocycles. The summed E-state index contributed by atoms with van der Waals surface area (Å²) in [6.45, 7) is 2.86. The van der Waals surface area contributed by atoms with Crippen LogP contribution in [-0.2, 0) is 24.0 Å². The number of nitrogens with zero attached hydrogens (tertiary/aromatic N) is 1. The van der Waals surface area contributed by atoms with Gasteiger partial charge in [0, 0.05) is 10.6 Å². The number of ether oxygens (including phenoxy) is 1. The van der Waals surface area contributed by atoms with Gasteiger partial charge in [-0.3, -0.25) is 28.9 Å². The molecule has 3 aromatic rings. The van der Waals surface area contributed by atoms with E-state index in [1.54, 1.807) is 41.3 Å². The van der Waals surface area contributed by atoms with Crippen molar-refractivity contribution in [2.45, 2.75) is 55.4 Å². The van der Waals surface area contributed by atoms with Crippen molar-refractivity contribution in [2.75, 3.05) is 24.3 Å². The van der Waals surface area contributed by atoms with Gasteiger partial charge in [0.05, 0.1) is 10.6 Å². The zero-order valence-corrected chi connectivity index (χ0v) is 27.7. The monoisotopic (exact) mass is 664 g/mol. The second kappa shape index (κ2) is 15.8. The van der Waals surface area contributed by atoms with E-state index in [0.29, 0.717) is 57.1 Å². The summed E-state index contributed by atoms with van der Waals surface area (Å²) in [5.74, 6) is -2.40. The normalized spacial score (nSPS) is 16.6. The molecule has 3 aromatic carbocycles. The summed E-state index contributed by atoms with van der Waals surface area (Å²) in [4.78, 5) is 68.1. The fourth-order valence-electron chi connectivity index (χ4n) is 5.27. The number of thiol groups is 1. The summed E-state index contributed by atoms with van der Waals surface area (Å²) >= 11 is 1.72. The number of fused-ring (bicyclic) bond motifs is 1. The average molecular weight is 665 g/mol. The molecule has 46 heavy (non-hydrogen) atoms. The molecule has 2 atom stereocenters. The van der Waals surface area contributed by atoms with Crippen LogP contribution < -0.4 is 20.3 Å². The molecule has 3 amide bonds. The minimum atomic E-state index is -1.21. The van der Waals surface area contributed by atoms with Crippen molar-refractivity contribution in [1.82, 2.24) is 10.6 Å². The molecule has 0 bridgehead atoms. The van der Waals surface area contributed by atoms with Crippen LogP contribution in [0.25, 0.3) is 0 Å². The van der Waals surface area contributed by atoms with Crippen LogP contribution in [0.4, 0.5) is 11.4 Å². The van der Waals surface area contributed by atoms with Gasteiger partial charge < -0.3 is 20.5 Å². The Morgan fingerprint density at radius 3 is 2.30 bits per heavy atom. The third-order valence-electron chi connectivity index (χ3n) is 7.79. The maximum atomic E-state index is 14.4. The number of carboxylic acids is 1. The Morgan fingerprint density at radius 2 is 1.70 bits per heavy atom. The third-order valence-corrected chi connectivity index (χ3v) is 9.78. The minimum absolute atomic E-state index is 0.174. The Kier molecular flexibility index (Phi) is 11.9. The first-order valence-corrected chi connectivity index (χ1v) is 17.1. The predicted octanol–water partition coefficient (Wildman–Crippen LogP) is 5.46. The van der Waals surface area contributed by atoms with Gasteiger partial charge in [-0.15, -0.1) is 23.5 Å². The Bertz CT molecular complexity index is 1590. The number of hydrogen-bond acceptors (Lipinski definition) is 7. The largest absolute Gasteiger partial charge is 0.483 e. The lowest BCUT2D eigenvalue weighted by Crippen LogP contribution is -2.44. The number of aliphatic carboxylic acids is 1. The number of nitrogens with one attached hydrogen (secondary N) is 2. The molecule has 2 unspecified atom stereocenters. The van der Waals surface area contributed by atoms with Crippen LogP contribution in [0.5, 0.6) is 5.75 Å². The van der Waals surface area contributed by atoms with E-state index in [0.717, 1.165) is 12.8 Å². The highest BCUT2D eigenvalue weighted by molar-refractivity contribution is 8.14. The Balaban J connectivity index is 1.65.